The molecule has 0 heterocycles. The second kappa shape index (κ2) is 2.22. The monoisotopic (exact) mass is 176 g/mol. The number of hydrogen-bond acceptors (Lipinski definition) is 1. The van der Waals surface area contributed by atoms with E-state index in [9.17, 15) is 0 Å². The number of halogens is 3. The van der Waals surface area contributed by atoms with E-state index in [-0.39, 0.29) is 0 Å². The zero-order chi connectivity index (χ0) is 7.00. The minimum atomic E-state index is -1.85. The standard InChI is InChI=1S/C4H7Cl3O/c1-3(2,5)4(6,7)8/h8H,1-2H3. The summed E-state index contributed by atoms with van der Waals surface area (Å²) in [5.74, 6) is 0. The van der Waals surface area contributed by atoms with Gasteiger partial charge in [-0.15, -0.1) is 11.6 Å². The number of rotatable bonds is 1. The quantitative estimate of drug-likeness (QED) is 0.609. The van der Waals surface area contributed by atoms with Gasteiger partial charge in [-0.1, -0.05) is 23.2 Å². The van der Waals surface area contributed by atoms with Gasteiger partial charge in [-0.2, -0.15) is 0 Å². The molecule has 0 bridgehead atoms. The average molecular weight is 177 g/mol. The van der Waals surface area contributed by atoms with Crippen molar-refractivity contribution in [1.29, 1.82) is 0 Å². The first-order valence-electron chi connectivity index (χ1n) is 2.04. The van der Waals surface area contributed by atoms with Crippen LogP contribution >= 0.6 is 34.8 Å². The summed E-state index contributed by atoms with van der Waals surface area (Å²) in [6, 6.07) is 0. The molecule has 0 aliphatic rings. The van der Waals surface area contributed by atoms with Crippen molar-refractivity contribution in [2.24, 2.45) is 0 Å². The van der Waals surface area contributed by atoms with Crippen LogP contribution in [0.2, 0.25) is 0 Å². The number of alkyl halides is 3. The second-order valence-corrected chi connectivity index (χ2v) is 4.25. The minimum Gasteiger partial charge on any atom is -0.361 e. The van der Waals surface area contributed by atoms with E-state index in [1.807, 2.05) is 0 Å². The highest BCUT2D eigenvalue weighted by Gasteiger charge is 2.38. The Morgan fingerprint density at radius 3 is 1.25 bits per heavy atom. The maximum absolute atomic E-state index is 8.75. The Bertz CT molecular complexity index is 66.3. The second-order valence-electron chi connectivity index (χ2n) is 2.01. The van der Waals surface area contributed by atoms with Gasteiger partial charge >= 0.3 is 0 Å². The van der Waals surface area contributed by atoms with E-state index >= 15 is 0 Å². The Morgan fingerprint density at radius 2 is 1.25 bits per heavy atom. The van der Waals surface area contributed by atoms with Crippen LogP contribution in [-0.2, 0) is 0 Å². The van der Waals surface area contributed by atoms with Crippen LogP contribution in [0.15, 0.2) is 0 Å². The molecular weight excluding hydrogens is 170 g/mol. The molecule has 0 radical (unpaired) electrons. The summed E-state index contributed by atoms with van der Waals surface area (Å²) in [7, 11) is 0. The van der Waals surface area contributed by atoms with Crippen LogP contribution in [0.25, 0.3) is 0 Å². The lowest BCUT2D eigenvalue weighted by molar-refractivity contribution is 0.177. The predicted octanol–water partition coefficient (Wildman–Crippen LogP) is 2.13. The molecule has 1 nitrogen and oxygen atoms in total. The molecule has 0 saturated carbocycles. The van der Waals surface area contributed by atoms with Crippen molar-refractivity contribution in [1.82, 2.24) is 0 Å². The van der Waals surface area contributed by atoms with Gasteiger partial charge in [-0.05, 0) is 13.8 Å². The summed E-state index contributed by atoms with van der Waals surface area (Å²) in [5, 5.41) is 8.75. The van der Waals surface area contributed by atoms with Gasteiger partial charge in [0.15, 0.2) is 0 Å². The summed E-state index contributed by atoms with van der Waals surface area (Å²) >= 11 is 15.9. The highest BCUT2D eigenvalue weighted by atomic mass is 35.5. The van der Waals surface area contributed by atoms with Crippen LogP contribution in [-0.4, -0.2) is 14.5 Å². The molecule has 4 heteroatoms. The summed E-state index contributed by atoms with van der Waals surface area (Å²) in [4.78, 5) is -1.00. The topological polar surface area (TPSA) is 20.2 Å². The van der Waals surface area contributed by atoms with E-state index in [4.69, 9.17) is 39.9 Å². The van der Waals surface area contributed by atoms with Gasteiger partial charge in [0.05, 0.1) is 4.87 Å². The van der Waals surface area contributed by atoms with Crippen molar-refractivity contribution in [3.05, 3.63) is 0 Å². The summed E-state index contributed by atoms with van der Waals surface area (Å²) in [6.45, 7) is 3.04. The van der Waals surface area contributed by atoms with E-state index < -0.39 is 9.39 Å². The van der Waals surface area contributed by atoms with Crippen LogP contribution in [0.3, 0.4) is 0 Å². The third kappa shape index (κ3) is 2.40. The van der Waals surface area contributed by atoms with Gasteiger partial charge in [0.2, 0.25) is 4.52 Å². The lowest BCUT2D eigenvalue weighted by Crippen LogP contribution is -2.34. The Labute approximate surface area is 63.5 Å². The minimum absolute atomic E-state index is 1.00. The number of aliphatic hydroxyl groups is 1. The molecule has 0 aromatic carbocycles. The Hall–Kier alpha value is 0.830. The third-order valence-corrected chi connectivity index (χ3v) is 2.13. The summed E-state index contributed by atoms with van der Waals surface area (Å²) in [6.07, 6.45) is 0. The molecular formula is C4H7Cl3O. The van der Waals surface area contributed by atoms with Crippen LogP contribution in [0.1, 0.15) is 13.8 Å². The maximum Gasteiger partial charge on any atom is 0.233 e. The molecule has 0 saturated heterocycles. The van der Waals surface area contributed by atoms with Gasteiger partial charge in [0, 0.05) is 0 Å². The molecule has 0 fully saturated rings. The molecule has 0 aliphatic heterocycles. The van der Waals surface area contributed by atoms with Crippen molar-refractivity contribution in [3.63, 3.8) is 0 Å². The van der Waals surface area contributed by atoms with Gasteiger partial charge in [0.1, 0.15) is 0 Å². The number of hydrogen-bond donors (Lipinski definition) is 1. The molecule has 0 aromatic heterocycles. The molecule has 8 heavy (non-hydrogen) atoms. The normalized spacial score (nSPS) is 14.2. The van der Waals surface area contributed by atoms with Gasteiger partial charge in [-0.25, -0.2) is 0 Å². The molecule has 0 rings (SSSR count). The predicted molar refractivity (Wildman–Crippen MR) is 36.6 cm³/mol. The van der Waals surface area contributed by atoms with E-state index in [1.54, 1.807) is 0 Å². The molecule has 50 valence electrons. The smallest absolute Gasteiger partial charge is 0.233 e. The molecule has 0 aliphatic carbocycles. The summed E-state index contributed by atoms with van der Waals surface area (Å²) in [5.41, 5.74) is 0. The average Bonchev–Trinajstić information content (AvgIpc) is 1.25. The van der Waals surface area contributed by atoms with E-state index in [1.165, 1.54) is 13.8 Å². The molecule has 0 atom stereocenters. The fourth-order valence-electron chi connectivity index (χ4n) is 0. The van der Waals surface area contributed by atoms with Gasteiger partial charge < -0.3 is 5.11 Å². The Morgan fingerprint density at radius 1 is 1.12 bits per heavy atom. The van der Waals surface area contributed by atoms with E-state index in [2.05, 4.69) is 0 Å². The SMILES string of the molecule is CC(C)(Cl)C(O)(Cl)Cl. The fraction of sp³-hybridized carbons (Fsp3) is 1.00. The Kier molecular flexibility index (Phi) is 2.45. The van der Waals surface area contributed by atoms with Gasteiger partial charge in [-0.3, -0.25) is 0 Å². The first-order valence-corrected chi connectivity index (χ1v) is 3.17. The zero-order valence-electron chi connectivity index (χ0n) is 4.58. The van der Waals surface area contributed by atoms with Crippen molar-refractivity contribution in [3.8, 4) is 0 Å². The zero-order valence-corrected chi connectivity index (χ0v) is 6.85. The largest absolute Gasteiger partial charge is 0.361 e. The first kappa shape index (κ1) is 8.83. The highest BCUT2D eigenvalue weighted by molar-refractivity contribution is 6.51. The van der Waals surface area contributed by atoms with Crippen LogP contribution in [0.5, 0.6) is 0 Å². The summed E-state index contributed by atoms with van der Waals surface area (Å²) < 4.78 is -1.85. The highest BCUT2D eigenvalue weighted by Crippen LogP contribution is 2.35. The molecule has 1 N–H and O–H groups in total. The third-order valence-electron chi connectivity index (χ3n) is 0.715. The van der Waals surface area contributed by atoms with E-state index in [0.717, 1.165) is 0 Å². The van der Waals surface area contributed by atoms with E-state index in [0.29, 0.717) is 0 Å². The van der Waals surface area contributed by atoms with Crippen LogP contribution in [0.4, 0.5) is 0 Å². The van der Waals surface area contributed by atoms with Crippen molar-refractivity contribution >= 4 is 34.8 Å². The molecule has 0 unspecified atom stereocenters. The maximum atomic E-state index is 8.75. The van der Waals surface area contributed by atoms with Crippen molar-refractivity contribution < 1.29 is 5.11 Å². The van der Waals surface area contributed by atoms with Gasteiger partial charge in [0.25, 0.3) is 0 Å². The van der Waals surface area contributed by atoms with Crippen molar-refractivity contribution in [2.45, 2.75) is 23.2 Å². The lowest BCUT2D eigenvalue weighted by atomic mass is 10.2. The van der Waals surface area contributed by atoms with Crippen LogP contribution in [0, 0.1) is 0 Å². The Balaban J connectivity index is 4.02. The molecule has 0 amide bonds. The molecule has 0 aromatic rings. The lowest BCUT2D eigenvalue weighted by Gasteiger charge is -2.25. The van der Waals surface area contributed by atoms with Crippen molar-refractivity contribution in [2.75, 3.05) is 0 Å². The first-order chi connectivity index (χ1) is 3.25. The molecule has 0 spiro atoms. The van der Waals surface area contributed by atoms with Crippen LogP contribution < -0.4 is 0 Å². The fourth-order valence-corrected chi connectivity index (χ4v) is 0.